The molecule has 0 saturated carbocycles. The zero-order chi connectivity index (χ0) is 22.4. The number of nitrogens with zero attached hydrogens (tertiary/aromatic N) is 1. The van der Waals surface area contributed by atoms with Crippen LogP contribution in [0.15, 0.2) is 54.7 Å². The third-order valence-corrected chi connectivity index (χ3v) is 5.77. The van der Waals surface area contributed by atoms with Crippen molar-refractivity contribution in [1.29, 1.82) is 0 Å². The van der Waals surface area contributed by atoms with Gasteiger partial charge in [0.2, 0.25) is 5.88 Å². The highest BCUT2D eigenvalue weighted by molar-refractivity contribution is 7.90. The Morgan fingerprint density at radius 3 is 2.55 bits per heavy atom. The maximum Gasteiger partial charge on any atom is 0.213 e. The van der Waals surface area contributed by atoms with Crippen LogP contribution in [0.3, 0.4) is 0 Å². The number of hydrogen-bond acceptors (Lipinski definition) is 5. The summed E-state index contributed by atoms with van der Waals surface area (Å²) in [5, 5.41) is 0. The summed E-state index contributed by atoms with van der Waals surface area (Å²) in [4.78, 5) is 4.31. The van der Waals surface area contributed by atoms with Crippen molar-refractivity contribution in [2.75, 3.05) is 18.6 Å². The molecule has 0 fully saturated rings. The normalized spacial score (nSPS) is 11.4. The predicted octanol–water partition coefficient (Wildman–Crippen LogP) is 4.90. The minimum Gasteiger partial charge on any atom is -0.489 e. The molecule has 3 rings (SSSR count). The first kappa shape index (κ1) is 22.7. The van der Waals surface area contributed by atoms with Crippen molar-refractivity contribution < 1.29 is 22.3 Å². The molecule has 5 nitrogen and oxygen atoms in total. The van der Waals surface area contributed by atoms with Gasteiger partial charge in [-0.25, -0.2) is 17.8 Å². The molecule has 0 saturated heterocycles. The van der Waals surface area contributed by atoms with Gasteiger partial charge in [0.25, 0.3) is 0 Å². The summed E-state index contributed by atoms with van der Waals surface area (Å²) in [6.07, 6.45) is 3.29. The number of hydrogen-bond donors (Lipinski definition) is 0. The Morgan fingerprint density at radius 2 is 1.84 bits per heavy atom. The van der Waals surface area contributed by atoms with Crippen LogP contribution in [0.2, 0.25) is 0 Å². The van der Waals surface area contributed by atoms with Crippen LogP contribution < -0.4 is 9.47 Å². The topological polar surface area (TPSA) is 65.5 Å². The van der Waals surface area contributed by atoms with Gasteiger partial charge in [-0.15, -0.1) is 0 Å². The zero-order valence-corrected chi connectivity index (χ0v) is 18.7. The molecule has 3 aromatic rings. The molecule has 0 aliphatic rings. The van der Waals surface area contributed by atoms with E-state index >= 15 is 0 Å². The summed E-state index contributed by atoms with van der Waals surface area (Å²) in [6, 6.07) is 14.3. The third kappa shape index (κ3) is 6.79. The van der Waals surface area contributed by atoms with Gasteiger partial charge in [0, 0.05) is 29.6 Å². The van der Waals surface area contributed by atoms with Gasteiger partial charge in [0.15, 0.2) is 0 Å². The van der Waals surface area contributed by atoms with Crippen molar-refractivity contribution in [3.8, 4) is 22.8 Å². The van der Waals surface area contributed by atoms with E-state index in [9.17, 15) is 12.8 Å². The molecule has 7 heteroatoms. The molecule has 0 aliphatic carbocycles. The van der Waals surface area contributed by atoms with Crippen LogP contribution in [-0.2, 0) is 16.4 Å². The Kier molecular flexibility index (Phi) is 7.28. The lowest BCUT2D eigenvalue weighted by Crippen LogP contribution is -2.08. The van der Waals surface area contributed by atoms with Crippen molar-refractivity contribution in [2.24, 2.45) is 0 Å². The van der Waals surface area contributed by atoms with Crippen LogP contribution in [-0.4, -0.2) is 32.0 Å². The van der Waals surface area contributed by atoms with E-state index in [-0.39, 0.29) is 24.8 Å². The number of rotatable bonds is 9. The number of aryl methyl sites for hydroxylation is 2. The van der Waals surface area contributed by atoms with Crippen LogP contribution in [0.25, 0.3) is 11.1 Å². The van der Waals surface area contributed by atoms with Gasteiger partial charge in [-0.3, -0.25) is 0 Å². The van der Waals surface area contributed by atoms with Gasteiger partial charge < -0.3 is 9.47 Å². The Morgan fingerprint density at radius 1 is 1.03 bits per heavy atom. The van der Waals surface area contributed by atoms with Crippen LogP contribution in [0, 0.1) is 19.7 Å². The lowest BCUT2D eigenvalue weighted by molar-refractivity contribution is 0.299. The Labute approximate surface area is 182 Å². The van der Waals surface area contributed by atoms with E-state index in [0.29, 0.717) is 23.6 Å². The average molecular weight is 444 g/mol. The van der Waals surface area contributed by atoms with Gasteiger partial charge in [-0.05, 0) is 61.2 Å². The highest BCUT2D eigenvalue weighted by Gasteiger charge is 2.10. The summed E-state index contributed by atoms with van der Waals surface area (Å²) in [5.74, 6) is 0.875. The summed E-state index contributed by atoms with van der Waals surface area (Å²) in [5.41, 5.74) is 4.15. The second kappa shape index (κ2) is 9.92. The molecule has 31 heavy (non-hydrogen) atoms. The molecule has 0 N–H and O–H groups in total. The van der Waals surface area contributed by atoms with Gasteiger partial charge in [0.1, 0.15) is 28.0 Å². The molecular formula is C24H26FNO4S. The number of halogens is 1. The quantitative estimate of drug-likeness (QED) is 0.440. The van der Waals surface area contributed by atoms with E-state index < -0.39 is 9.84 Å². The number of aromatic nitrogens is 1. The second-order valence-electron chi connectivity index (χ2n) is 7.58. The molecule has 0 radical (unpaired) electrons. The van der Waals surface area contributed by atoms with E-state index in [2.05, 4.69) is 4.98 Å². The van der Waals surface area contributed by atoms with Crippen LogP contribution in [0.4, 0.5) is 4.39 Å². The van der Waals surface area contributed by atoms with Crippen molar-refractivity contribution in [3.05, 3.63) is 77.2 Å². The summed E-state index contributed by atoms with van der Waals surface area (Å²) < 4.78 is 48.0. The number of ether oxygens (including phenoxy) is 2. The average Bonchev–Trinajstić information content (AvgIpc) is 2.70. The molecule has 0 atom stereocenters. The van der Waals surface area contributed by atoms with E-state index in [0.717, 1.165) is 22.3 Å². The van der Waals surface area contributed by atoms with Crippen LogP contribution in [0.1, 0.15) is 23.1 Å². The largest absolute Gasteiger partial charge is 0.489 e. The summed E-state index contributed by atoms with van der Waals surface area (Å²) in [7, 11) is -3.00. The zero-order valence-electron chi connectivity index (χ0n) is 17.9. The Bertz CT molecular complexity index is 1160. The molecule has 1 heterocycles. The molecule has 164 valence electrons. The van der Waals surface area contributed by atoms with Crippen molar-refractivity contribution >= 4 is 9.84 Å². The lowest BCUT2D eigenvalue weighted by atomic mass is 10.0. The molecule has 0 spiro atoms. The van der Waals surface area contributed by atoms with Crippen molar-refractivity contribution in [2.45, 2.75) is 26.9 Å². The first-order valence-corrected chi connectivity index (χ1v) is 12.0. The van der Waals surface area contributed by atoms with Gasteiger partial charge in [-0.2, -0.15) is 0 Å². The van der Waals surface area contributed by atoms with Crippen LogP contribution in [0.5, 0.6) is 11.6 Å². The fourth-order valence-electron chi connectivity index (χ4n) is 3.13. The molecular weight excluding hydrogens is 417 g/mol. The SMILES string of the molecule is Cc1cccc(OCc2cc(-c3cnc(OCCCS(C)(=O)=O)cc3C)ccc2F)c1. The van der Waals surface area contributed by atoms with E-state index in [4.69, 9.17) is 9.47 Å². The minimum atomic E-state index is -3.00. The standard InChI is InChI=1S/C24H26FNO4S/c1-17-6-4-7-21(12-17)30-16-20-14-19(8-9-23(20)25)22-15-26-24(13-18(22)2)29-10-5-11-31(3,27)28/h4,6-9,12-15H,5,10-11,16H2,1-3H3. The Balaban J connectivity index is 1.69. The second-order valence-corrected chi connectivity index (χ2v) is 9.84. The Hall–Kier alpha value is -2.93. The fraction of sp³-hybridized carbons (Fsp3) is 0.292. The summed E-state index contributed by atoms with van der Waals surface area (Å²) in [6.45, 7) is 4.29. The van der Waals surface area contributed by atoms with E-state index in [1.54, 1.807) is 24.4 Å². The minimum absolute atomic E-state index is 0.0764. The first-order chi connectivity index (χ1) is 14.7. The number of sulfone groups is 1. The van der Waals surface area contributed by atoms with E-state index in [1.165, 1.54) is 12.3 Å². The fourth-order valence-corrected chi connectivity index (χ4v) is 3.77. The van der Waals surface area contributed by atoms with Crippen molar-refractivity contribution in [1.82, 2.24) is 4.98 Å². The van der Waals surface area contributed by atoms with Crippen LogP contribution >= 0.6 is 0 Å². The predicted molar refractivity (Wildman–Crippen MR) is 120 cm³/mol. The monoisotopic (exact) mass is 443 g/mol. The maximum absolute atomic E-state index is 14.3. The lowest BCUT2D eigenvalue weighted by Gasteiger charge is -2.12. The first-order valence-electron chi connectivity index (χ1n) is 9.97. The number of pyridine rings is 1. The maximum atomic E-state index is 14.3. The van der Waals surface area contributed by atoms with Crippen molar-refractivity contribution in [3.63, 3.8) is 0 Å². The molecule has 0 bridgehead atoms. The highest BCUT2D eigenvalue weighted by atomic mass is 32.2. The van der Waals surface area contributed by atoms with Gasteiger partial charge >= 0.3 is 0 Å². The summed E-state index contributed by atoms with van der Waals surface area (Å²) >= 11 is 0. The molecule has 0 unspecified atom stereocenters. The van der Waals surface area contributed by atoms with E-state index in [1.807, 2.05) is 38.1 Å². The highest BCUT2D eigenvalue weighted by Crippen LogP contribution is 2.27. The molecule has 0 aliphatic heterocycles. The third-order valence-electron chi connectivity index (χ3n) is 4.74. The smallest absolute Gasteiger partial charge is 0.213 e. The molecule has 2 aromatic carbocycles. The molecule has 1 aromatic heterocycles. The number of benzene rings is 2. The van der Waals surface area contributed by atoms with Gasteiger partial charge in [0.05, 0.1) is 12.4 Å². The molecule has 0 amide bonds. The van der Waals surface area contributed by atoms with Gasteiger partial charge in [-0.1, -0.05) is 18.2 Å².